The van der Waals surface area contributed by atoms with Gasteiger partial charge in [-0.25, -0.2) is 0 Å². The van der Waals surface area contributed by atoms with E-state index in [1.165, 1.54) is 18.4 Å². The van der Waals surface area contributed by atoms with E-state index < -0.39 is 12.2 Å². The second-order valence-corrected chi connectivity index (χ2v) is 14.2. The van der Waals surface area contributed by atoms with Crippen molar-refractivity contribution in [3.8, 4) is 5.75 Å². The normalized spacial score (nSPS) is 38.1. The summed E-state index contributed by atoms with van der Waals surface area (Å²) in [6.07, 6.45) is 7.03. The van der Waals surface area contributed by atoms with Gasteiger partial charge in [-0.3, -0.25) is 0 Å². The number of methoxy groups -OCH3 is 1. The Hall–Kier alpha value is -1.78. The molecular formula is C38H58O8. The third-order valence-corrected chi connectivity index (χ3v) is 10.8. The molecule has 3 unspecified atom stereocenters. The number of rotatable bonds is 14. The van der Waals surface area contributed by atoms with E-state index in [0.717, 1.165) is 49.0 Å². The Labute approximate surface area is 276 Å². The first kappa shape index (κ1) is 35.5. The van der Waals surface area contributed by atoms with Gasteiger partial charge in [0.15, 0.2) is 0 Å². The van der Waals surface area contributed by atoms with Gasteiger partial charge in [0.05, 0.1) is 74.8 Å². The van der Waals surface area contributed by atoms with Crippen molar-refractivity contribution < 1.29 is 38.6 Å². The highest BCUT2D eigenvalue weighted by molar-refractivity contribution is 5.26. The van der Waals surface area contributed by atoms with E-state index in [-0.39, 0.29) is 55.3 Å². The number of aliphatic hydroxyl groups is 2. The molecule has 4 saturated heterocycles. The highest BCUT2D eigenvalue weighted by Gasteiger charge is 2.50. The van der Waals surface area contributed by atoms with Gasteiger partial charge >= 0.3 is 0 Å². The van der Waals surface area contributed by atoms with Gasteiger partial charge < -0.3 is 38.6 Å². The lowest BCUT2D eigenvalue weighted by molar-refractivity contribution is -0.277. The van der Waals surface area contributed by atoms with Crippen molar-refractivity contribution in [2.24, 2.45) is 11.8 Å². The van der Waals surface area contributed by atoms with Crippen LogP contribution in [0, 0.1) is 11.8 Å². The van der Waals surface area contributed by atoms with Crippen molar-refractivity contribution in [1.29, 1.82) is 0 Å². The largest absolute Gasteiger partial charge is 0.497 e. The van der Waals surface area contributed by atoms with Crippen LogP contribution in [-0.4, -0.2) is 85.0 Å². The van der Waals surface area contributed by atoms with Crippen LogP contribution >= 0.6 is 0 Å². The van der Waals surface area contributed by atoms with E-state index in [1.807, 2.05) is 24.3 Å². The molecule has 4 fully saturated rings. The molecule has 258 valence electrons. The molecule has 5 rings (SSSR count). The second-order valence-electron chi connectivity index (χ2n) is 14.2. The first-order valence-electron chi connectivity index (χ1n) is 17.7. The Kier molecular flexibility index (Phi) is 12.8. The molecule has 0 saturated carbocycles. The van der Waals surface area contributed by atoms with Crippen molar-refractivity contribution >= 4 is 0 Å². The number of aliphatic hydroxyl groups excluding tert-OH is 2. The molecule has 0 aromatic heterocycles. The van der Waals surface area contributed by atoms with Gasteiger partial charge in [0, 0.05) is 25.4 Å². The standard InChI is InChI=1S/C38H58O8/c1-7-8-9-29-19-24(3)32(43-29)15-14-30-18-23(2)25(4)34(44-30)21-36-37(42-22-27-10-12-28(41-6)13-11-27)26(5)38-35(45-36)20-31(40)33(46-38)16-17-39/h10-13,23,26,29-40H,3-4,7-9,14-22H2,1-2,5-6H3/t23-,26-,29+,30+,31-,32?,33-,34?,35?,36+,37-,38+/m1/s1. The number of hydrogen-bond acceptors (Lipinski definition) is 8. The zero-order chi connectivity index (χ0) is 32.8. The fourth-order valence-corrected chi connectivity index (χ4v) is 7.93. The van der Waals surface area contributed by atoms with Crippen LogP contribution in [-0.2, 0) is 30.3 Å². The Bertz CT molecular complexity index is 1120. The number of fused-ring (bicyclic) bond motifs is 1. The van der Waals surface area contributed by atoms with E-state index >= 15 is 0 Å². The van der Waals surface area contributed by atoms with Gasteiger partial charge in [-0.1, -0.05) is 58.9 Å². The molecule has 0 bridgehead atoms. The first-order chi connectivity index (χ1) is 22.2. The van der Waals surface area contributed by atoms with Crippen LogP contribution in [0.4, 0.5) is 0 Å². The summed E-state index contributed by atoms with van der Waals surface area (Å²) in [7, 11) is 1.66. The van der Waals surface area contributed by atoms with Crippen LogP contribution in [0.25, 0.3) is 0 Å². The number of unbranched alkanes of at least 4 members (excludes halogenated alkanes) is 1. The molecule has 4 aliphatic rings. The lowest BCUT2D eigenvalue weighted by atomic mass is 9.79. The summed E-state index contributed by atoms with van der Waals surface area (Å²) in [5, 5.41) is 20.4. The maximum absolute atomic E-state index is 10.8. The zero-order valence-electron chi connectivity index (χ0n) is 28.5. The summed E-state index contributed by atoms with van der Waals surface area (Å²) < 4.78 is 38.3. The predicted molar refractivity (Wildman–Crippen MR) is 178 cm³/mol. The van der Waals surface area contributed by atoms with Crippen LogP contribution in [0.1, 0.15) is 90.5 Å². The highest BCUT2D eigenvalue weighted by atomic mass is 16.6. The number of benzene rings is 1. The number of ether oxygens (including phenoxy) is 6. The molecule has 0 amide bonds. The van der Waals surface area contributed by atoms with Crippen molar-refractivity contribution in [2.75, 3.05) is 13.7 Å². The van der Waals surface area contributed by atoms with Crippen LogP contribution in [0.2, 0.25) is 0 Å². The van der Waals surface area contributed by atoms with Crippen molar-refractivity contribution in [1.82, 2.24) is 0 Å². The summed E-state index contributed by atoms with van der Waals surface area (Å²) >= 11 is 0. The zero-order valence-corrected chi connectivity index (χ0v) is 28.5. The molecule has 46 heavy (non-hydrogen) atoms. The van der Waals surface area contributed by atoms with Gasteiger partial charge in [-0.15, -0.1) is 0 Å². The molecule has 1 aromatic carbocycles. The molecule has 0 aliphatic carbocycles. The molecule has 2 N–H and O–H groups in total. The molecule has 4 heterocycles. The minimum Gasteiger partial charge on any atom is -0.497 e. The quantitative estimate of drug-likeness (QED) is 0.228. The van der Waals surface area contributed by atoms with Crippen molar-refractivity contribution in [2.45, 2.75) is 153 Å². The van der Waals surface area contributed by atoms with E-state index in [1.54, 1.807) is 7.11 Å². The SMILES string of the molecule is C=C1C[C@H](CCCC)OC1CC[C@H]1C[C@@H](C)C(=C)C(C[C@@H]2OC3C[C@@H](O)[C@@H](CCO)O[C@H]3[C@H](C)[C@H]2OCc2ccc(OC)cc2)O1. The van der Waals surface area contributed by atoms with E-state index in [0.29, 0.717) is 37.9 Å². The van der Waals surface area contributed by atoms with E-state index in [9.17, 15) is 10.2 Å². The van der Waals surface area contributed by atoms with Crippen molar-refractivity contribution in [3.63, 3.8) is 0 Å². The summed E-state index contributed by atoms with van der Waals surface area (Å²) in [6.45, 7) is 15.8. The third-order valence-electron chi connectivity index (χ3n) is 10.8. The van der Waals surface area contributed by atoms with Crippen LogP contribution in [0.5, 0.6) is 5.75 Å². The first-order valence-corrected chi connectivity index (χ1v) is 17.7. The van der Waals surface area contributed by atoms with Crippen LogP contribution in [0.15, 0.2) is 48.6 Å². The monoisotopic (exact) mass is 642 g/mol. The summed E-state index contributed by atoms with van der Waals surface area (Å²) in [4.78, 5) is 0. The van der Waals surface area contributed by atoms with Crippen LogP contribution in [0.3, 0.4) is 0 Å². The molecule has 1 aromatic rings. The Balaban J connectivity index is 1.26. The molecule has 12 atom stereocenters. The van der Waals surface area contributed by atoms with Gasteiger partial charge in [0.1, 0.15) is 5.75 Å². The van der Waals surface area contributed by atoms with Gasteiger partial charge in [-0.05, 0) is 73.3 Å². The van der Waals surface area contributed by atoms with E-state index in [4.69, 9.17) is 28.4 Å². The lowest BCUT2D eigenvalue weighted by Gasteiger charge is -2.51. The molecular weight excluding hydrogens is 584 g/mol. The Morgan fingerprint density at radius 3 is 2.37 bits per heavy atom. The minimum atomic E-state index is -0.683. The molecule has 8 heteroatoms. The van der Waals surface area contributed by atoms with Crippen molar-refractivity contribution in [3.05, 3.63) is 54.1 Å². The molecule has 8 nitrogen and oxygen atoms in total. The average Bonchev–Trinajstić information content (AvgIpc) is 3.41. The molecule has 4 aliphatic heterocycles. The Morgan fingerprint density at radius 1 is 0.891 bits per heavy atom. The second kappa shape index (κ2) is 16.6. The van der Waals surface area contributed by atoms with E-state index in [2.05, 4.69) is 33.9 Å². The maximum atomic E-state index is 10.8. The minimum absolute atomic E-state index is 0.00643. The summed E-state index contributed by atoms with van der Waals surface area (Å²) in [5.74, 6) is 1.15. The van der Waals surface area contributed by atoms with Crippen LogP contribution < -0.4 is 4.74 Å². The molecule has 0 spiro atoms. The smallest absolute Gasteiger partial charge is 0.118 e. The molecule has 0 radical (unpaired) electrons. The average molecular weight is 643 g/mol. The maximum Gasteiger partial charge on any atom is 0.118 e. The van der Waals surface area contributed by atoms with Gasteiger partial charge in [0.2, 0.25) is 0 Å². The highest BCUT2D eigenvalue weighted by Crippen LogP contribution is 2.42. The Morgan fingerprint density at radius 2 is 1.65 bits per heavy atom. The van der Waals surface area contributed by atoms with Gasteiger partial charge in [0.25, 0.3) is 0 Å². The number of hydrogen-bond donors (Lipinski definition) is 2. The predicted octanol–water partition coefficient (Wildman–Crippen LogP) is 6.31. The topological polar surface area (TPSA) is 95.8 Å². The van der Waals surface area contributed by atoms with Gasteiger partial charge in [-0.2, -0.15) is 0 Å². The summed E-state index contributed by atoms with van der Waals surface area (Å²) in [5.41, 5.74) is 3.37. The lowest BCUT2D eigenvalue weighted by Crippen LogP contribution is -2.61. The summed E-state index contributed by atoms with van der Waals surface area (Å²) in [6, 6.07) is 7.92. The fraction of sp³-hybridized carbons (Fsp3) is 0.737. The third kappa shape index (κ3) is 8.62. The fourth-order valence-electron chi connectivity index (χ4n) is 7.93.